The third-order valence-electron chi connectivity index (χ3n) is 2.22. The zero-order chi connectivity index (χ0) is 12.8. The van der Waals surface area contributed by atoms with E-state index in [-0.39, 0.29) is 30.5 Å². The van der Waals surface area contributed by atoms with Crippen molar-refractivity contribution in [3.8, 4) is 0 Å². The van der Waals surface area contributed by atoms with Crippen LogP contribution in [-0.4, -0.2) is 35.4 Å². The zero-order valence-corrected chi connectivity index (χ0v) is 9.43. The maximum Gasteiger partial charge on any atom is 0.227 e. The molecule has 0 fully saturated rings. The number of amides is 1. The number of nitrogens with two attached hydrogens (primary N) is 1. The molecule has 1 rings (SSSR count). The lowest BCUT2D eigenvalue weighted by Crippen LogP contribution is -2.36. The van der Waals surface area contributed by atoms with Crippen LogP contribution in [0, 0.1) is 5.82 Å². The molecule has 92 valence electrons. The minimum atomic E-state index is -0.341. The fraction of sp³-hybridized carbons (Fsp3) is 0.273. The summed E-state index contributed by atoms with van der Waals surface area (Å²) in [5.74, 6) is -0.575. The van der Waals surface area contributed by atoms with E-state index in [2.05, 4.69) is 5.16 Å². The van der Waals surface area contributed by atoms with Gasteiger partial charge in [-0.1, -0.05) is 17.3 Å². The molecule has 0 aliphatic carbocycles. The van der Waals surface area contributed by atoms with Gasteiger partial charge in [0.1, 0.15) is 5.82 Å². The molecule has 0 aliphatic rings. The lowest BCUT2D eigenvalue weighted by atomic mass is 10.1. The van der Waals surface area contributed by atoms with E-state index in [1.54, 1.807) is 19.2 Å². The maximum atomic E-state index is 12.6. The average Bonchev–Trinajstić information content (AvgIpc) is 2.31. The fourth-order valence-corrected chi connectivity index (χ4v) is 1.27. The Hall–Kier alpha value is -2.11. The van der Waals surface area contributed by atoms with E-state index < -0.39 is 0 Å². The Morgan fingerprint density at radius 2 is 2.06 bits per heavy atom. The fourth-order valence-electron chi connectivity index (χ4n) is 1.27. The predicted octanol–water partition coefficient (Wildman–Crippen LogP) is 0.573. The van der Waals surface area contributed by atoms with Gasteiger partial charge in [0.15, 0.2) is 5.84 Å². The van der Waals surface area contributed by atoms with E-state index in [0.717, 1.165) is 0 Å². The molecule has 0 spiro atoms. The van der Waals surface area contributed by atoms with Crippen molar-refractivity contribution in [2.75, 3.05) is 13.6 Å². The van der Waals surface area contributed by atoms with Crippen LogP contribution in [0.1, 0.15) is 5.56 Å². The topological polar surface area (TPSA) is 78.9 Å². The van der Waals surface area contributed by atoms with Crippen molar-refractivity contribution >= 4 is 11.7 Å². The first-order valence-electron chi connectivity index (χ1n) is 4.97. The summed E-state index contributed by atoms with van der Waals surface area (Å²) in [7, 11) is 1.55. The van der Waals surface area contributed by atoms with Gasteiger partial charge in [0.25, 0.3) is 0 Å². The van der Waals surface area contributed by atoms with Gasteiger partial charge in [0.05, 0.1) is 13.0 Å². The van der Waals surface area contributed by atoms with Gasteiger partial charge in [0, 0.05) is 7.05 Å². The summed E-state index contributed by atoms with van der Waals surface area (Å²) in [6.45, 7) is 0.0521. The highest BCUT2D eigenvalue weighted by molar-refractivity contribution is 5.87. The van der Waals surface area contributed by atoms with Crippen molar-refractivity contribution in [1.82, 2.24) is 4.90 Å². The van der Waals surface area contributed by atoms with Gasteiger partial charge in [-0.15, -0.1) is 0 Å². The Bertz CT molecular complexity index is 417. The molecule has 0 saturated heterocycles. The summed E-state index contributed by atoms with van der Waals surface area (Å²) in [4.78, 5) is 13.0. The predicted molar refractivity (Wildman–Crippen MR) is 61.1 cm³/mol. The summed E-state index contributed by atoms with van der Waals surface area (Å²) < 4.78 is 12.6. The first-order valence-corrected chi connectivity index (χ1v) is 4.97. The Balaban J connectivity index is 2.57. The first-order chi connectivity index (χ1) is 8.02. The molecule has 0 radical (unpaired) electrons. The van der Waals surface area contributed by atoms with Crippen molar-refractivity contribution in [3.63, 3.8) is 0 Å². The van der Waals surface area contributed by atoms with Crippen LogP contribution in [0.5, 0.6) is 0 Å². The van der Waals surface area contributed by atoms with Crippen LogP contribution in [0.4, 0.5) is 4.39 Å². The largest absolute Gasteiger partial charge is 0.409 e. The lowest BCUT2D eigenvalue weighted by Gasteiger charge is -2.16. The number of halogens is 1. The Morgan fingerprint density at radius 1 is 1.47 bits per heavy atom. The number of hydrogen-bond acceptors (Lipinski definition) is 3. The molecule has 0 saturated carbocycles. The number of rotatable bonds is 4. The van der Waals surface area contributed by atoms with Gasteiger partial charge in [-0.25, -0.2) is 4.39 Å². The molecular formula is C11H14FN3O2. The van der Waals surface area contributed by atoms with Crippen LogP contribution in [0.25, 0.3) is 0 Å². The zero-order valence-electron chi connectivity index (χ0n) is 9.43. The number of benzene rings is 1. The van der Waals surface area contributed by atoms with Gasteiger partial charge in [-0.3, -0.25) is 4.79 Å². The van der Waals surface area contributed by atoms with Crippen molar-refractivity contribution < 1.29 is 14.4 Å². The summed E-state index contributed by atoms with van der Waals surface area (Å²) in [6, 6.07) is 5.69. The minimum Gasteiger partial charge on any atom is -0.409 e. The second kappa shape index (κ2) is 5.83. The molecule has 0 atom stereocenters. The summed E-state index contributed by atoms with van der Waals surface area (Å²) in [5.41, 5.74) is 5.99. The molecule has 6 heteroatoms. The summed E-state index contributed by atoms with van der Waals surface area (Å²) in [5, 5.41) is 11.1. The van der Waals surface area contributed by atoms with E-state index in [9.17, 15) is 9.18 Å². The van der Waals surface area contributed by atoms with Crippen molar-refractivity contribution in [2.45, 2.75) is 6.42 Å². The second-order valence-electron chi connectivity index (χ2n) is 3.64. The molecule has 1 aromatic rings. The van der Waals surface area contributed by atoms with Gasteiger partial charge in [0.2, 0.25) is 5.91 Å². The molecule has 0 aromatic heterocycles. The van der Waals surface area contributed by atoms with Crippen LogP contribution in [0.2, 0.25) is 0 Å². The molecule has 0 aliphatic heterocycles. The normalized spacial score (nSPS) is 11.3. The summed E-state index contributed by atoms with van der Waals surface area (Å²) >= 11 is 0. The molecular weight excluding hydrogens is 225 g/mol. The number of carbonyl (C=O) groups is 1. The van der Waals surface area contributed by atoms with Gasteiger partial charge >= 0.3 is 0 Å². The molecule has 1 amide bonds. The Morgan fingerprint density at radius 3 is 2.59 bits per heavy atom. The highest BCUT2D eigenvalue weighted by Gasteiger charge is 2.11. The monoisotopic (exact) mass is 239 g/mol. The van der Waals surface area contributed by atoms with Crippen LogP contribution in [-0.2, 0) is 11.2 Å². The SMILES string of the molecule is CN(CC(N)=NO)C(=O)Cc1ccc(F)cc1. The van der Waals surface area contributed by atoms with E-state index in [1.807, 2.05) is 0 Å². The third-order valence-corrected chi connectivity index (χ3v) is 2.22. The van der Waals surface area contributed by atoms with E-state index in [4.69, 9.17) is 10.9 Å². The highest BCUT2D eigenvalue weighted by atomic mass is 19.1. The van der Waals surface area contributed by atoms with E-state index >= 15 is 0 Å². The van der Waals surface area contributed by atoms with Crippen LogP contribution in [0.3, 0.4) is 0 Å². The van der Waals surface area contributed by atoms with Gasteiger partial charge in [-0.2, -0.15) is 0 Å². The van der Waals surface area contributed by atoms with Crippen molar-refractivity contribution in [1.29, 1.82) is 0 Å². The molecule has 1 aromatic carbocycles. The number of likely N-dealkylation sites (N-methyl/N-ethyl adjacent to an activating group) is 1. The summed E-state index contributed by atoms with van der Waals surface area (Å²) in [6.07, 6.45) is 0.148. The van der Waals surface area contributed by atoms with Gasteiger partial charge < -0.3 is 15.8 Å². The maximum absolute atomic E-state index is 12.6. The third kappa shape index (κ3) is 4.10. The number of hydrogen-bond donors (Lipinski definition) is 2. The van der Waals surface area contributed by atoms with Gasteiger partial charge in [-0.05, 0) is 17.7 Å². The minimum absolute atomic E-state index is 0.0417. The van der Waals surface area contributed by atoms with E-state index in [1.165, 1.54) is 17.0 Å². The molecule has 17 heavy (non-hydrogen) atoms. The number of oxime groups is 1. The molecule has 0 unspecified atom stereocenters. The second-order valence-corrected chi connectivity index (χ2v) is 3.64. The number of nitrogens with zero attached hydrogens (tertiary/aromatic N) is 2. The standard InChI is InChI=1S/C11H14FN3O2/c1-15(7-10(13)14-17)11(16)6-8-2-4-9(12)5-3-8/h2-5,17H,6-7H2,1H3,(H2,13,14). The molecule has 0 heterocycles. The quantitative estimate of drug-likeness (QED) is 0.349. The molecule has 3 N–H and O–H groups in total. The molecule has 5 nitrogen and oxygen atoms in total. The van der Waals surface area contributed by atoms with Crippen molar-refractivity contribution in [3.05, 3.63) is 35.6 Å². The number of carbonyl (C=O) groups excluding carboxylic acids is 1. The van der Waals surface area contributed by atoms with Crippen LogP contribution < -0.4 is 5.73 Å². The highest BCUT2D eigenvalue weighted by Crippen LogP contribution is 2.04. The Kier molecular flexibility index (Phi) is 4.45. The lowest BCUT2D eigenvalue weighted by molar-refractivity contribution is -0.128. The van der Waals surface area contributed by atoms with E-state index in [0.29, 0.717) is 5.56 Å². The van der Waals surface area contributed by atoms with Crippen LogP contribution in [0.15, 0.2) is 29.4 Å². The molecule has 0 bridgehead atoms. The number of amidine groups is 1. The first kappa shape index (κ1) is 13.0. The Labute approximate surface area is 98.3 Å². The van der Waals surface area contributed by atoms with Crippen LogP contribution >= 0.6 is 0 Å². The van der Waals surface area contributed by atoms with Crippen molar-refractivity contribution in [2.24, 2.45) is 10.9 Å². The smallest absolute Gasteiger partial charge is 0.227 e. The average molecular weight is 239 g/mol.